The second-order valence-corrected chi connectivity index (χ2v) is 10.5. The van der Waals surface area contributed by atoms with Gasteiger partial charge in [0.25, 0.3) is 0 Å². The number of fused-ring (bicyclic) bond motifs is 3. The van der Waals surface area contributed by atoms with Crippen molar-refractivity contribution >= 4 is 28.9 Å². The number of benzene rings is 1. The fraction of sp³-hybridized carbons (Fsp3) is 0.654. The van der Waals surface area contributed by atoms with Gasteiger partial charge in [-0.05, 0) is 87.2 Å². The molecular formula is C26H38ClN3O. The maximum Gasteiger partial charge on any atom is 0.210 e. The highest BCUT2D eigenvalue weighted by Gasteiger charge is 2.31. The van der Waals surface area contributed by atoms with Crippen LogP contribution in [0.1, 0.15) is 76.6 Å². The summed E-state index contributed by atoms with van der Waals surface area (Å²) >= 11 is 6.11. The van der Waals surface area contributed by atoms with Gasteiger partial charge in [-0.3, -0.25) is 4.79 Å². The molecule has 3 aliphatic rings. The normalized spacial score (nSPS) is 22.4. The van der Waals surface area contributed by atoms with Crippen molar-refractivity contribution in [2.24, 2.45) is 11.8 Å². The van der Waals surface area contributed by atoms with Gasteiger partial charge >= 0.3 is 0 Å². The first-order valence-corrected chi connectivity index (χ1v) is 12.6. The van der Waals surface area contributed by atoms with E-state index in [2.05, 4.69) is 30.7 Å². The molecule has 1 unspecified atom stereocenters. The number of carbonyl (C=O) groups is 1. The van der Waals surface area contributed by atoms with Gasteiger partial charge < -0.3 is 14.8 Å². The fourth-order valence-electron chi connectivity index (χ4n) is 5.35. The predicted molar refractivity (Wildman–Crippen MR) is 130 cm³/mol. The monoisotopic (exact) mass is 443 g/mol. The van der Waals surface area contributed by atoms with Gasteiger partial charge in [-0.2, -0.15) is 0 Å². The van der Waals surface area contributed by atoms with Gasteiger partial charge in [-0.1, -0.05) is 38.8 Å². The lowest BCUT2D eigenvalue weighted by atomic mass is 9.92. The van der Waals surface area contributed by atoms with Crippen molar-refractivity contribution in [2.75, 3.05) is 19.6 Å². The molecule has 1 saturated heterocycles. The minimum Gasteiger partial charge on any atom is -0.356 e. The Morgan fingerprint density at radius 1 is 1.16 bits per heavy atom. The number of amides is 1. The third-order valence-corrected chi connectivity index (χ3v) is 7.61. The molecule has 5 heteroatoms. The van der Waals surface area contributed by atoms with E-state index in [1.165, 1.54) is 61.8 Å². The Morgan fingerprint density at radius 3 is 2.52 bits per heavy atom. The molecule has 0 radical (unpaired) electrons. The zero-order chi connectivity index (χ0) is 22.0. The maximum absolute atomic E-state index is 11.3. The molecule has 0 bridgehead atoms. The Bertz CT molecular complexity index is 880. The van der Waals surface area contributed by atoms with E-state index in [1.54, 1.807) is 0 Å². The summed E-state index contributed by atoms with van der Waals surface area (Å²) in [5, 5.41) is 1.96. The summed E-state index contributed by atoms with van der Waals surface area (Å²) in [6, 6.07) is 7.11. The zero-order valence-corrected chi connectivity index (χ0v) is 20.1. The van der Waals surface area contributed by atoms with Crippen molar-refractivity contribution in [1.29, 1.82) is 0 Å². The Balaban J connectivity index is 0.000000177. The minimum atomic E-state index is 0.155. The largest absolute Gasteiger partial charge is 0.356 e. The van der Waals surface area contributed by atoms with Crippen LogP contribution in [0.4, 0.5) is 0 Å². The number of aromatic amines is 1. The lowest BCUT2D eigenvalue weighted by Gasteiger charge is -2.34. The molecule has 2 fully saturated rings. The second-order valence-electron chi connectivity index (χ2n) is 10.1. The molecule has 5 rings (SSSR count). The highest BCUT2D eigenvalue weighted by atomic mass is 35.5. The Kier molecular flexibility index (Phi) is 7.28. The summed E-state index contributed by atoms with van der Waals surface area (Å²) in [7, 11) is 0. The van der Waals surface area contributed by atoms with Crippen LogP contribution in [0.15, 0.2) is 18.2 Å². The van der Waals surface area contributed by atoms with E-state index in [0.29, 0.717) is 5.92 Å². The number of nitrogens with one attached hydrogen (secondary N) is 1. The number of aromatic nitrogens is 1. The van der Waals surface area contributed by atoms with Gasteiger partial charge in [-0.25, -0.2) is 0 Å². The quantitative estimate of drug-likeness (QED) is 0.559. The SMILES string of the molecule is CC(C)CC1c2[nH]c3ccc(Cl)cc3c2CCN1C=O.CCC1CCN(C2CC2)CC1. The highest BCUT2D eigenvalue weighted by Crippen LogP contribution is 2.37. The van der Waals surface area contributed by atoms with Crippen LogP contribution in [0.25, 0.3) is 10.9 Å². The molecule has 1 aromatic carbocycles. The summed E-state index contributed by atoms with van der Waals surface area (Å²) in [6.07, 6.45) is 10.1. The summed E-state index contributed by atoms with van der Waals surface area (Å²) in [5.74, 6) is 1.59. The van der Waals surface area contributed by atoms with Crippen LogP contribution in [0.3, 0.4) is 0 Å². The van der Waals surface area contributed by atoms with E-state index in [4.69, 9.17) is 11.6 Å². The lowest BCUT2D eigenvalue weighted by Crippen LogP contribution is -2.35. The molecule has 170 valence electrons. The topological polar surface area (TPSA) is 39.3 Å². The van der Waals surface area contributed by atoms with Gasteiger partial charge in [-0.15, -0.1) is 0 Å². The Labute approximate surface area is 192 Å². The summed E-state index contributed by atoms with van der Waals surface area (Å²) < 4.78 is 0. The molecule has 4 nitrogen and oxygen atoms in total. The molecule has 2 aromatic rings. The van der Waals surface area contributed by atoms with Gasteiger partial charge in [0.15, 0.2) is 0 Å². The smallest absolute Gasteiger partial charge is 0.210 e. The summed E-state index contributed by atoms with van der Waals surface area (Å²) in [5.41, 5.74) is 3.63. The molecule has 1 amide bonds. The number of halogens is 1. The van der Waals surface area contributed by atoms with E-state index in [-0.39, 0.29) is 6.04 Å². The number of likely N-dealkylation sites (tertiary alicyclic amines) is 1. The van der Waals surface area contributed by atoms with Crippen molar-refractivity contribution < 1.29 is 4.79 Å². The van der Waals surface area contributed by atoms with Crippen LogP contribution < -0.4 is 0 Å². The van der Waals surface area contributed by atoms with Crippen molar-refractivity contribution in [1.82, 2.24) is 14.8 Å². The molecule has 1 atom stereocenters. The molecule has 1 saturated carbocycles. The molecule has 1 N–H and O–H groups in total. The molecule has 1 aromatic heterocycles. The summed E-state index contributed by atoms with van der Waals surface area (Å²) in [6.45, 7) is 10.3. The van der Waals surface area contributed by atoms with E-state index in [0.717, 1.165) is 48.3 Å². The number of H-pyrrole nitrogens is 1. The van der Waals surface area contributed by atoms with Gasteiger partial charge in [0.1, 0.15) is 0 Å². The zero-order valence-electron chi connectivity index (χ0n) is 19.4. The number of nitrogens with zero attached hydrogens (tertiary/aromatic N) is 2. The molecule has 3 heterocycles. The average molecular weight is 444 g/mol. The average Bonchev–Trinajstić information content (AvgIpc) is 3.56. The van der Waals surface area contributed by atoms with Crippen LogP contribution in [0.2, 0.25) is 5.02 Å². The summed E-state index contributed by atoms with van der Waals surface area (Å²) in [4.78, 5) is 19.4. The number of hydrogen-bond acceptors (Lipinski definition) is 2. The molecule has 31 heavy (non-hydrogen) atoms. The van der Waals surface area contributed by atoms with E-state index in [1.807, 2.05) is 23.1 Å². The van der Waals surface area contributed by atoms with Crippen LogP contribution >= 0.6 is 11.6 Å². The highest BCUT2D eigenvalue weighted by molar-refractivity contribution is 6.31. The van der Waals surface area contributed by atoms with E-state index in [9.17, 15) is 4.79 Å². The van der Waals surface area contributed by atoms with Crippen LogP contribution in [0.5, 0.6) is 0 Å². The van der Waals surface area contributed by atoms with Crippen molar-refractivity contribution in [3.05, 3.63) is 34.5 Å². The first-order valence-electron chi connectivity index (χ1n) is 12.2. The Hall–Kier alpha value is -1.52. The lowest BCUT2D eigenvalue weighted by molar-refractivity contribution is -0.121. The minimum absolute atomic E-state index is 0.155. The number of carbonyl (C=O) groups excluding carboxylic acids is 1. The Morgan fingerprint density at radius 2 is 1.90 bits per heavy atom. The fourth-order valence-corrected chi connectivity index (χ4v) is 5.52. The maximum atomic E-state index is 11.3. The molecule has 0 spiro atoms. The van der Waals surface area contributed by atoms with Crippen LogP contribution in [-0.2, 0) is 11.2 Å². The van der Waals surface area contributed by atoms with Gasteiger partial charge in [0.2, 0.25) is 6.41 Å². The number of hydrogen-bond donors (Lipinski definition) is 1. The molecular weight excluding hydrogens is 406 g/mol. The van der Waals surface area contributed by atoms with Crippen LogP contribution in [0, 0.1) is 11.8 Å². The first-order chi connectivity index (χ1) is 15.0. The molecule has 2 aliphatic heterocycles. The van der Waals surface area contributed by atoms with Crippen molar-refractivity contribution in [3.8, 4) is 0 Å². The molecule has 1 aliphatic carbocycles. The van der Waals surface area contributed by atoms with Gasteiger partial charge in [0, 0.05) is 34.2 Å². The second kappa shape index (κ2) is 9.95. The number of piperidine rings is 1. The van der Waals surface area contributed by atoms with E-state index < -0.39 is 0 Å². The van der Waals surface area contributed by atoms with Crippen molar-refractivity contribution in [2.45, 2.75) is 77.8 Å². The third-order valence-electron chi connectivity index (χ3n) is 7.37. The van der Waals surface area contributed by atoms with Crippen LogP contribution in [-0.4, -0.2) is 46.9 Å². The number of rotatable bonds is 5. The predicted octanol–water partition coefficient (Wildman–Crippen LogP) is 6.19. The van der Waals surface area contributed by atoms with Gasteiger partial charge in [0.05, 0.1) is 6.04 Å². The first kappa shape index (κ1) is 22.7. The third kappa shape index (κ3) is 5.28. The van der Waals surface area contributed by atoms with Crippen molar-refractivity contribution in [3.63, 3.8) is 0 Å². The van der Waals surface area contributed by atoms with E-state index >= 15 is 0 Å². The standard InChI is InChI=1S/C16H19ClN2O.C10H19N/c1-10(2)7-15-16-12(5-6-19(15)9-20)13-8-11(17)3-4-14(13)18-16;1-2-9-5-7-11(8-6-9)10-3-4-10/h3-4,8-10,15,18H,5-7H2,1-2H3;9-10H,2-8H2,1H3.